The molecule has 6 rings (SSSR count). The van der Waals surface area contributed by atoms with Crippen molar-refractivity contribution >= 4 is 52.2 Å². The predicted octanol–water partition coefficient (Wildman–Crippen LogP) is 4.79. The SMILES string of the molecule is Cc1ccc(N2C(=O)C3Sc4c(sc(=O)n4CC(=O)Nc4ccccc4)C(c4ccc(F)cc4)C3C2=O)cc1. The number of rotatable bonds is 5. The Balaban J connectivity index is 1.42. The highest BCUT2D eigenvalue weighted by atomic mass is 32.2. The minimum atomic E-state index is -0.807. The lowest BCUT2D eigenvalue weighted by Crippen LogP contribution is -2.33. The Morgan fingerprint density at radius 1 is 0.923 bits per heavy atom. The molecule has 1 N–H and O–H groups in total. The van der Waals surface area contributed by atoms with E-state index in [0.29, 0.717) is 26.8 Å². The molecular formula is C29H22FN3O4S2. The van der Waals surface area contributed by atoms with Gasteiger partial charge in [0.2, 0.25) is 17.7 Å². The molecule has 3 amide bonds. The Bertz CT molecular complexity index is 1650. The van der Waals surface area contributed by atoms with E-state index in [1.54, 1.807) is 48.5 Å². The summed E-state index contributed by atoms with van der Waals surface area (Å²) >= 11 is 2.10. The number of aryl methyl sites for hydroxylation is 1. The van der Waals surface area contributed by atoms with Gasteiger partial charge in [-0.15, -0.1) is 0 Å². The molecule has 7 nitrogen and oxygen atoms in total. The molecule has 2 aliphatic rings. The van der Waals surface area contributed by atoms with E-state index in [9.17, 15) is 23.6 Å². The summed E-state index contributed by atoms with van der Waals surface area (Å²) < 4.78 is 15.2. The van der Waals surface area contributed by atoms with Crippen molar-refractivity contribution in [1.29, 1.82) is 0 Å². The van der Waals surface area contributed by atoms with Crippen LogP contribution in [-0.4, -0.2) is 27.5 Å². The van der Waals surface area contributed by atoms with Crippen LogP contribution in [0.25, 0.3) is 0 Å². The monoisotopic (exact) mass is 559 g/mol. The largest absolute Gasteiger partial charge is 0.325 e. The summed E-state index contributed by atoms with van der Waals surface area (Å²) in [4.78, 5) is 55.0. The van der Waals surface area contributed by atoms with Gasteiger partial charge < -0.3 is 5.32 Å². The summed E-state index contributed by atoms with van der Waals surface area (Å²) in [7, 11) is 0. The molecule has 1 saturated heterocycles. The molecule has 0 saturated carbocycles. The maximum atomic E-state index is 13.8. The maximum absolute atomic E-state index is 13.8. The normalized spacial score (nSPS) is 20.1. The van der Waals surface area contributed by atoms with E-state index >= 15 is 0 Å². The number of thiazole rings is 1. The highest BCUT2D eigenvalue weighted by molar-refractivity contribution is 8.00. The van der Waals surface area contributed by atoms with Crippen molar-refractivity contribution in [3.63, 3.8) is 0 Å². The van der Waals surface area contributed by atoms with E-state index < -0.39 is 22.9 Å². The van der Waals surface area contributed by atoms with Crippen LogP contribution in [0, 0.1) is 18.7 Å². The highest BCUT2D eigenvalue weighted by Gasteiger charge is 2.56. The van der Waals surface area contributed by atoms with Crippen molar-refractivity contribution in [3.05, 3.63) is 110 Å². The van der Waals surface area contributed by atoms with Gasteiger partial charge in [-0.05, 0) is 48.9 Å². The Kier molecular flexibility index (Phi) is 6.44. The number of aromatic nitrogens is 1. The van der Waals surface area contributed by atoms with Gasteiger partial charge in [-0.25, -0.2) is 9.29 Å². The fourth-order valence-electron chi connectivity index (χ4n) is 5.10. The Morgan fingerprint density at radius 2 is 1.62 bits per heavy atom. The van der Waals surface area contributed by atoms with Gasteiger partial charge in [0.25, 0.3) is 0 Å². The number of imide groups is 1. The number of fused-ring (bicyclic) bond motifs is 2. The number of carbonyl (C=O) groups is 3. The van der Waals surface area contributed by atoms with Crippen LogP contribution in [0.2, 0.25) is 0 Å². The molecule has 39 heavy (non-hydrogen) atoms. The van der Waals surface area contributed by atoms with Crippen LogP contribution < -0.4 is 15.1 Å². The van der Waals surface area contributed by atoms with E-state index in [-0.39, 0.29) is 29.1 Å². The number of para-hydroxylation sites is 1. The number of anilines is 2. The topological polar surface area (TPSA) is 88.5 Å². The third kappa shape index (κ3) is 4.49. The molecule has 2 aliphatic heterocycles. The quantitative estimate of drug-likeness (QED) is 0.355. The molecule has 0 spiro atoms. The molecule has 3 unspecified atom stereocenters. The molecule has 3 atom stereocenters. The molecule has 1 aromatic heterocycles. The van der Waals surface area contributed by atoms with Crippen LogP contribution >= 0.6 is 23.1 Å². The van der Waals surface area contributed by atoms with Crippen LogP contribution in [-0.2, 0) is 20.9 Å². The molecule has 0 radical (unpaired) electrons. The minimum Gasteiger partial charge on any atom is -0.325 e. The highest BCUT2D eigenvalue weighted by Crippen LogP contribution is 2.53. The average molecular weight is 560 g/mol. The second kappa shape index (κ2) is 9.94. The standard InChI is InChI=1S/C29H22FN3O4S2/c1-16-7-13-20(14-8-16)33-26(35)23-22(17-9-11-18(30)12-10-17)25-28(38-24(23)27(33)36)32(29(37)39-25)15-21(34)31-19-5-3-2-4-6-19/h2-14,22-24H,15H2,1H3,(H,31,34). The molecule has 1 fully saturated rings. The molecular weight excluding hydrogens is 537 g/mol. The summed E-state index contributed by atoms with van der Waals surface area (Å²) in [5, 5.41) is 2.46. The van der Waals surface area contributed by atoms with Gasteiger partial charge in [-0.1, -0.05) is 71.1 Å². The van der Waals surface area contributed by atoms with Crippen molar-refractivity contribution in [2.45, 2.75) is 29.7 Å². The fraction of sp³-hybridized carbons (Fsp3) is 0.172. The van der Waals surface area contributed by atoms with E-state index in [1.165, 1.54) is 21.6 Å². The minimum absolute atomic E-state index is 0.246. The molecule has 0 bridgehead atoms. The van der Waals surface area contributed by atoms with E-state index in [2.05, 4.69) is 5.32 Å². The molecule has 196 valence electrons. The molecule has 10 heteroatoms. The number of benzene rings is 3. The zero-order valence-electron chi connectivity index (χ0n) is 20.7. The van der Waals surface area contributed by atoms with Crippen molar-refractivity contribution in [2.24, 2.45) is 5.92 Å². The predicted molar refractivity (Wildman–Crippen MR) is 149 cm³/mol. The van der Waals surface area contributed by atoms with E-state index in [4.69, 9.17) is 0 Å². The molecule has 3 heterocycles. The summed E-state index contributed by atoms with van der Waals surface area (Å²) in [5.41, 5.74) is 2.70. The van der Waals surface area contributed by atoms with Crippen LogP contribution in [0.5, 0.6) is 0 Å². The lowest BCUT2D eigenvalue weighted by molar-refractivity contribution is -0.122. The molecule has 3 aromatic carbocycles. The third-order valence-corrected chi connectivity index (χ3v) is 9.53. The zero-order chi connectivity index (χ0) is 27.3. The number of amides is 3. The maximum Gasteiger partial charge on any atom is 0.308 e. The van der Waals surface area contributed by atoms with Crippen LogP contribution in [0.3, 0.4) is 0 Å². The summed E-state index contributed by atoms with van der Waals surface area (Å²) in [6.07, 6.45) is 0. The van der Waals surface area contributed by atoms with E-state index in [1.807, 2.05) is 25.1 Å². The number of nitrogens with one attached hydrogen (secondary N) is 1. The first-order valence-electron chi connectivity index (χ1n) is 12.3. The van der Waals surface area contributed by atoms with Gasteiger partial charge >= 0.3 is 4.87 Å². The van der Waals surface area contributed by atoms with Crippen LogP contribution in [0.1, 0.15) is 21.9 Å². The molecule has 0 aliphatic carbocycles. The van der Waals surface area contributed by atoms with Crippen molar-refractivity contribution < 1.29 is 18.8 Å². The Morgan fingerprint density at radius 3 is 2.31 bits per heavy atom. The summed E-state index contributed by atoms with van der Waals surface area (Å²) in [6.45, 7) is 1.67. The molecule has 4 aromatic rings. The number of hydrogen-bond donors (Lipinski definition) is 1. The fourth-order valence-corrected chi connectivity index (χ4v) is 7.87. The summed E-state index contributed by atoms with van der Waals surface area (Å²) in [5.74, 6) is -2.99. The Hall–Kier alpha value is -4.02. The summed E-state index contributed by atoms with van der Waals surface area (Å²) in [6, 6.07) is 21.8. The first-order chi connectivity index (χ1) is 18.8. The third-order valence-electron chi connectivity index (χ3n) is 6.93. The first-order valence-corrected chi connectivity index (χ1v) is 14.0. The smallest absolute Gasteiger partial charge is 0.308 e. The van der Waals surface area contributed by atoms with Gasteiger partial charge in [0.15, 0.2) is 0 Å². The van der Waals surface area contributed by atoms with Gasteiger partial charge in [0.1, 0.15) is 17.6 Å². The van der Waals surface area contributed by atoms with Gasteiger partial charge in [-0.2, -0.15) is 0 Å². The van der Waals surface area contributed by atoms with Crippen LogP contribution in [0.4, 0.5) is 15.8 Å². The number of thioether (sulfide) groups is 1. The second-order valence-electron chi connectivity index (χ2n) is 9.48. The number of nitrogens with zero attached hydrogens (tertiary/aromatic N) is 2. The lowest BCUT2D eigenvalue weighted by Gasteiger charge is -2.30. The van der Waals surface area contributed by atoms with Gasteiger partial charge in [0, 0.05) is 16.5 Å². The van der Waals surface area contributed by atoms with Gasteiger partial charge in [-0.3, -0.25) is 23.7 Å². The van der Waals surface area contributed by atoms with Crippen LogP contribution in [0.15, 0.2) is 88.7 Å². The number of hydrogen-bond acceptors (Lipinski definition) is 6. The van der Waals surface area contributed by atoms with Gasteiger partial charge in [0.05, 0.1) is 16.6 Å². The first kappa shape index (κ1) is 25.3. The number of halogens is 1. The van der Waals surface area contributed by atoms with Crippen molar-refractivity contribution in [2.75, 3.05) is 10.2 Å². The van der Waals surface area contributed by atoms with E-state index in [0.717, 1.165) is 28.7 Å². The second-order valence-corrected chi connectivity index (χ2v) is 11.6. The average Bonchev–Trinajstić information content (AvgIpc) is 3.36. The zero-order valence-corrected chi connectivity index (χ0v) is 22.3. The van der Waals surface area contributed by atoms with Crippen molar-refractivity contribution in [1.82, 2.24) is 4.57 Å². The number of carbonyl (C=O) groups excluding carboxylic acids is 3. The van der Waals surface area contributed by atoms with Crippen molar-refractivity contribution in [3.8, 4) is 0 Å². The lowest BCUT2D eigenvalue weighted by atomic mass is 9.83. The Labute approximate surface area is 231 Å².